The molecule has 0 atom stereocenters. The van der Waals surface area contributed by atoms with Gasteiger partial charge in [0.2, 0.25) is 5.88 Å². The fraction of sp³-hybridized carbons (Fsp3) is 0.143. The predicted octanol–water partition coefficient (Wildman–Crippen LogP) is 2.42. The Hall–Kier alpha value is -2.76. The van der Waals surface area contributed by atoms with Crippen LogP contribution in [0.1, 0.15) is 5.69 Å². The highest BCUT2D eigenvalue weighted by Crippen LogP contribution is 2.32. The van der Waals surface area contributed by atoms with E-state index in [0.717, 1.165) is 11.2 Å². The van der Waals surface area contributed by atoms with Crippen LogP contribution in [0.25, 0.3) is 5.52 Å². The van der Waals surface area contributed by atoms with Gasteiger partial charge in [0.25, 0.3) is 0 Å². The number of methoxy groups -OCH3 is 1. The van der Waals surface area contributed by atoms with E-state index in [2.05, 4.69) is 10.1 Å². The Balaban J connectivity index is 2.05. The molecule has 2 N–H and O–H groups in total. The van der Waals surface area contributed by atoms with Crippen molar-refractivity contribution in [3.63, 3.8) is 0 Å². The molecule has 3 aromatic rings. The third-order valence-corrected chi connectivity index (χ3v) is 2.90. The van der Waals surface area contributed by atoms with Crippen molar-refractivity contribution in [1.29, 1.82) is 0 Å². The molecule has 0 unspecified atom stereocenters. The molecule has 2 heterocycles. The van der Waals surface area contributed by atoms with Gasteiger partial charge >= 0.3 is 0 Å². The maximum absolute atomic E-state index is 5.91. The van der Waals surface area contributed by atoms with Crippen LogP contribution >= 0.6 is 0 Å². The van der Waals surface area contributed by atoms with E-state index in [1.54, 1.807) is 42.2 Å². The van der Waals surface area contributed by atoms with E-state index >= 15 is 0 Å². The first-order chi connectivity index (χ1) is 9.67. The number of ether oxygens (including phenoxy) is 2. The summed E-state index contributed by atoms with van der Waals surface area (Å²) in [5.74, 6) is 1.63. The maximum atomic E-state index is 5.91. The summed E-state index contributed by atoms with van der Waals surface area (Å²) in [4.78, 5) is 4.23. The van der Waals surface area contributed by atoms with E-state index in [9.17, 15) is 0 Å². The van der Waals surface area contributed by atoms with Gasteiger partial charge < -0.3 is 15.2 Å². The van der Waals surface area contributed by atoms with Gasteiger partial charge in [0.15, 0.2) is 5.75 Å². The second-order valence-corrected chi connectivity index (χ2v) is 4.35. The van der Waals surface area contributed by atoms with Crippen molar-refractivity contribution >= 4 is 11.2 Å². The highest BCUT2D eigenvalue weighted by atomic mass is 16.5. The monoisotopic (exact) mass is 270 g/mol. The lowest BCUT2D eigenvalue weighted by Gasteiger charge is -2.09. The molecule has 2 aromatic heterocycles. The largest absolute Gasteiger partial charge is 0.497 e. The number of hydrogen-bond acceptors (Lipinski definition) is 5. The van der Waals surface area contributed by atoms with Crippen LogP contribution in [-0.2, 0) is 0 Å². The summed E-state index contributed by atoms with van der Waals surface area (Å²) in [5, 5.41) is 4.31. The van der Waals surface area contributed by atoms with Gasteiger partial charge in [-0.15, -0.1) is 0 Å². The number of benzene rings is 1. The van der Waals surface area contributed by atoms with Crippen LogP contribution in [0.2, 0.25) is 0 Å². The third kappa shape index (κ3) is 2.11. The van der Waals surface area contributed by atoms with E-state index in [0.29, 0.717) is 23.1 Å². The van der Waals surface area contributed by atoms with Gasteiger partial charge in [0.1, 0.15) is 11.3 Å². The molecule has 0 aliphatic heterocycles. The van der Waals surface area contributed by atoms with Gasteiger partial charge in [-0.2, -0.15) is 5.10 Å². The zero-order valence-corrected chi connectivity index (χ0v) is 11.2. The first-order valence-electron chi connectivity index (χ1n) is 6.10. The van der Waals surface area contributed by atoms with Gasteiger partial charge in [0, 0.05) is 18.5 Å². The van der Waals surface area contributed by atoms with Crippen LogP contribution in [0.5, 0.6) is 17.4 Å². The lowest BCUT2D eigenvalue weighted by atomic mass is 10.3. The Morgan fingerprint density at radius 3 is 2.90 bits per heavy atom. The minimum atomic E-state index is 0.452. The first kappa shape index (κ1) is 12.3. The molecule has 0 radical (unpaired) electrons. The molecular formula is C14H14N4O2. The van der Waals surface area contributed by atoms with Gasteiger partial charge in [-0.25, -0.2) is 9.50 Å². The summed E-state index contributed by atoms with van der Waals surface area (Å²) in [5.41, 5.74) is 8.10. The first-order valence-corrected chi connectivity index (χ1v) is 6.10. The molecule has 0 fully saturated rings. The van der Waals surface area contributed by atoms with Crippen LogP contribution in [0.3, 0.4) is 0 Å². The van der Waals surface area contributed by atoms with Crippen molar-refractivity contribution in [3.05, 3.63) is 42.4 Å². The number of aromatic nitrogens is 3. The standard InChI is InChI=1S/C14H14N4O2/c1-9-7-12-14(16-5-6-18(12)17-9)20-13-8-10(19-2)3-4-11(13)15/h3-8H,15H2,1-2H3. The lowest BCUT2D eigenvalue weighted by Crippen LogP contribution is -1.97. The molecule has 0 bridgehead atoms. The molecule has 0 aliphatic carbocycles. The number of nitrogen functional groups attached to an aromatic ring is 1. The number of rotatable bonds is 3. The Morgan fingerprint density at radius 2 is 2.10 bits per heavy atom. The summed E-state index contributed by atoms with van der Waals surface area (Å²) in [6.07, 6.45) is 3.40. The van der Waals surface area contributed by atoms with Gasteiger partial charge in [-0.1, -0.05) is 0 Å². The topological polar surface area (TPSA) is 74.7 Å². The van der Waals surface area contributed by atoms with Crippen molar-refractivity contribution in [2.75, 3.05) is 12.8 Å². The quantitative estimate of drug-likeness (QED) is 0.740. The average Bonchev–Trinajstić information content (AvgIpc) is 2.82. The number of anilines is 1. The Kier molecular flexibility index (Phi) is 2.90. The van der Waals surface area contributed by atoms with Crippen molar-refractivity contribution in [3.8, 4) is 17.4 Å². The zero-order valence-electron chi connectivity index (χ0n) is 11.2. The van der Waals surface area contributed by atoms with E-state index in [-0.39, 0.29) is 0 Å². The average molecular weight is 270 g/mol. The molecule has 3 rings (SSSR count). The predicted molar refractivity (Wildman–Crippen MR) is 75.2 cm³/mol. The SMILES string of the molecule is COc1ccc(N)c(Oc2nccn3nc(C)cc23)c1. The van der Waals surface area contributed by atoms with E-state index in [1.165, 1.54) is 0 Å². The zero-order chi connectivity index (χ0) is 14.1. The number of fused-ring (bicyclic) bond motifs is 1. The van der Waals surface area contributed by atoms with Gasteiger partial charge in [-0.05, 0) is 25.1 Å². The van der Waals surface area contributed by atoms with Crippen molar-refractivity contribution < 1.29 is 9.47 Å². The van der Waals surface area contributed by atoms with E-state index in [4.69, 9.17) is 15.2 Å². The van der Waals surface area contributed by atoms with Crippen LogP contribution in [0.15, 0.2) is 36.7 Å². The molecule has 0 saturated heterocycles. The fourth-order valence-electron chi connectivity index (χ4n) is 1.93. The summed E-state index contributed by atoms with van der Waals surface area (Å²) in [7, 11) is 1.59. The molecule has 0 spiro atoms. The highest BCUT2D eigenvalue weighted by molar-refractivity contribution is 5.61. The number of nitrogens with two attached hydrogens (primary N) is 1. The Morgan fingerprint density at radius 1 is 1.25 bits per heavy atom. The van der Waals surface area contributed by atoms with Crippen molar-refractivity contribution in [1.82, 2.24) is 14.6 Å². The van der Waals surface area contributed by atoms with Gasteiger partial charge in [0.05, 0.1) is 18.5 Å². The number of aryl methyl sites for hydroxylation is 1. The molecular weight excluding hydrogens is 256 g/mol. The maximum Gasteiger partial charge on any atom is 0.245 e. The highest BCUT2D eigenvalue weighted by Gasteiger charge is 2.10. The molecule has 0 aliphatic rings. The van der Waals surface area contributed by atoms with Crippen molar-refractivity contribution in [2.24, 2.45) is 0 Å². The second kappa shape index (κ2) is 4.73. The van der Waals surface area contributed by atoms with E-state index < -0.39 is 0 Å². The summed E-state index contributed by atoms with van der Waals surface area (Å²) < 4.78 is 12.7. The molecule has 20 heavy (non-hydrogen) atoms. The Labute approximate surface area is 115 Å². The van der Waals surface area contributed by atoms with Crippen molar-refractivity contribution in [2.45, 2.75) is 6.92 Å². The summed E-state index contributed by atoms with van der Waals surface area (Å²) in [6.45, 7) is 1.91. The minimum absolute atomic E-state index is 0.452. The summed E-state index contributed by atoms with van der Waals surface area (Å²) >= 11 is 0. The Bertz CT molecular complexity index is 767. The smallest absolute Gasteiger partial charge is 0.245 e. The van der Waals surface area contributed by atoms with Crippen LogP contribution in [0.4, 0.5) is 5.69 Å². The summed E-state index contributed by atoms with van der Waals surface area (Å²) in [6, 6.07) is 7.14. The second-order valence-electron chi connectivity index (χ2n) is 4.35. The number of nitrogens with zero attached hydrogens (tertiary/aromatic N) is 3. The van der Waals surface area contributed by atoms with Crippen LogP contribution in [0, 0.1) is 6.92 Å². The van der Waals surface area contributed by atoms with E-state index in [1.807, 2.05) is 13.0 Å². The normalized spacial score (nSPS) is 10.7. The molecule has 6 nitrogen and oxygen atoms in total. The molecule has 0 amide bonds. The van der Waals surface area contributed by atoms with Crippen LogP contribution in [-0.4, -0.2) is 21.7 Å². The minimum Gasteiger partial charge on any atom is -0.497 e. The molecule has 0 saturated carbocycles. The third-order valence-electron chi connectivity index (χ3n) is 2.90. The number of hydrogen-bond donors (Lipinski definition) is 1. The molecule has 1 aromatic carbocycles. The fourth-order valence-corrected chi connectivity index (χ4v) is 1.93. The van der Waals surface area contributed by atoms with Gasteiger partial charge in [-0.3, -0.25) is 0 Å². The van der Waals surface area contributed by atoms with Crippen LogP contribution < -0.4 is 15.2 Å². The molecule has 102 valence electrons. The lowest BCUT2D eigenvalue weighted by molar-refractivity contribution is 0.408. The molecule has 6 heteroatoms.